The van der Waals surface area contributed by atoms with Crippen molar-refractivity contribution in [2.75, 3.05) is 25.0 Å². The van der Waals surface area contributed by atoms with Gasteiger partial charge in [-0.05, 0) is 49.2 Å². The van der Waals surface area contributed by atoms with E-state index in [1.54, 1.807) is 0 Å². The molecular weight excluding hydrogens is 378 g/mol. The molecular formula is C18H18F2N2O4S. The van der Waals surface area contributed by atoms with Gasteiger partial charge in [0.2, 0.25) is 10.0 Å². The zero-order chi connectivity index (χ0) is 19.4. The van der Waals surface area contributed by atoms with Crippen molar-refractivity contribution in [3.05, 3.63) is 54.1 Å². The van der Waals surface area contributed by atoms with Gasteiger partial charge in [0, 0.05) is 19.2 Å². The van der Waals surface area contributed by atoms with E-state index in [4.69, 9.17) is 4.74 Å². The maximum absolute atomic E-state index is 13.5. The number of hydrogen-bond acceptors (Lipinski definition) is 4. The fraction of sp³-hybridized carbons (Fsp3) is 0.278. The number of carbonyl (C=O) groups excluding carboxylic acids is 1. The van der Waals surface area contributed by atoms with Crippen LogP contribution in [0.5, 0.6) is 5.75 Å². The van der Waals surface area contributed by atoms with Crippen LogP contribution in [-0.2, 0) is 14.8 Å². The standard InChI is InChI=1S/C18H18F2N2O4S/c19-13-3-8-17(16(20)11-13)21-18(23)12-26-14-4-6-15(7-5-14)27(24,25)22-9-1-2-10-22/h3-8,11H,1-2,9-10,12H2,(H,21,23). The smallest absolute Gasteiger partial charge is 0.262 e. The predicted molar refractivity (Wildman–Crippen MR) is 94.9 cm³/mol. The highest BCUT2D eigenvalue weighted by Crippen LogP contribution is 2.23. The van der Waals surface area contributed by atoms with Gasteiger partial charge < -0.3 is 10.1 Å². The van der Waals surface area contributed by atoms with Crippen LogP contribution in [0.15, 0.2) is 47.4 Å². The molecule has 0 unspecified atom stereocenters. The van der Waals surface area contributed by atoms with Crippen molar-refractivity contribution in [2.45, 2.75) is 17.7 Å². The Morgan fingerprint density at radius 2 is 1.74 bits per heavy atom. The number of rotatable bonds is 6. The first-order valence-corrected chi connectivity index (χ1v) is 9.78. The van der Waals surface area contributed by atoms with E-state index in [0.717, 1.165) is 25.0 Å². The average Bonchev–Trinajstić information content (AvgIpc) is 3.18. The van der Waals surface area contributed by atoms with Crippen LogP contribution >= 0.6 is 0 Å². The summed E-state index contributed by atoms with van der Waals surface area (Å²) in [5.74, 6) is -1.97. The molecule has 27 heavy (non-hydrogen) atoms. The Morgan fingerprint density at radius 3 is 2.37 bits per heavy atom. The molecule has 0 aliphatic carbocycles. The van der Waals surface area contributed by atoms with Crippen LogP contribution < -0.4 is 10.1 Å². The Hall–Kier alpha value is -2.52. The minimum absolute atomic E-state index is 0.156. The van der Waals surface area contributed by atoms with Crippen LogP contribution in [0, 0.1) is 11.6 Å². The molecule has 0 bridgehead atoms. The minimum atomic E-state index is -3.51. The summed E-state index contributed by atoms with van der Waals surface area (Å²) in [7, 11) is -3.51. The van der Waals surface area contributed by atoms with Crippen molar-refractivity contribution >= 4 is 21.6 Å². The molecule has 144 valence electrons. The van der Waals surface area contributed by atoms with E-state index in [2.05, 4.69) is 5.32 Å². The molecule has 0 radical (unpaired) electrons. The lowest BCUT2D eigenvalue weighted by atomic mass is 10.3. The van der Waals surface area contributed by atoms with E-state index in [9.17, 15) is 22.0 Å². The van der Waals surface area contributed by atoms with Crippen molar-refractivity contribution < 1.29 is 26.7 Å². The molecule has 1 heterocycles. The number of benzene rings is 2. The number of ether oxygens (including phenoxy) is 1. The summed E-state index contributed by atoms with van der Waals surface area (Å²) in [4.78, 5) is 12.0. The molecule has 6 nitrogen and oxygen atoms in total. The number of hydrogen-bond donors (Lipinski definition) is 1. The molecule has 1 aliphatic heterocycles. The molecule has 9 heteroatoms. The Morgan fingerprint density at radius 1 is 1.07 bits per heavy atom. The lowest BCUT2D eigenvalue weighted by molar-refractivity contribution is -0.118. The third kappa shape index (κ3) is 4.61. The molecule has 1 saturated heterocycles. The van der Waals surface area contributed by atoms with E-state index in [-0.39, 0.29) is 10.6 Å². The summed E-state index contributed by atoms with van der Waals surface area (Å²) in [6.07, 6.45) is 1.70. The molecule has 0 saturated carbocycles. The molecule has 0 aromatic heterocycles. The quantitative estimate of drug-likeness (QED) is 0.815. The fourth-order valence-electron chi connectivity index (χ4n) is 2.71. The highest BCUT2D eigenvalue weighted by atomic mass is 32.2. The van der Waals surface area contributed by atoms with Crippen LogP contribution in [0.25, 0.3) is 0 Å². The third-order valence-corrected chi connectivity index (χ3v) is 6.01. The maximum atomic E-state index is 13.5. The van der Waals surface area contributed by atoms with Gasteiger partial charge in [0.15, 0.2) is 6.61 Å². The fourth-order valence-corrected chi connectivity index (χ4v) is 4.23. The molecule has 1 N–H and O–H groups in total. The molecule has 1 fully saturated rings. The Bertz CT molecular complexity index is 927. The van der Waals surface area contributed by atoms with E-state index < -0.39 is 34.2 Å². The highest BCUT2D eigenvalue weighted by Gasteiger charge is 2.26. The van der Waals surface area contributed by atoms with Crippen LogP contribution in [0.4, 0.5) is 14.5 Å². The molecule has 2 aromatic rings. The summed E-state index contributed by atoms with van der Waals surface area (Å²) in [5.41, 5.74) is -0.156. The molecule has 0 atom stereocenters. The maximum Gasteiger partial charge on any atom is 0.262 e. The van der Waals surface area contributed by atoms with Gasteiger partial charge in [-0.3, -0.25) is 4.79 Å². The van der Waals surface area contributed by atoms with Gasteiger partial charge >= 0.3 is 0 Å². The molecule has 3 rings (SSSR count). The van der Waals surface area contributed by atoms with Crippen LogP contribution in [0.3, 0.4) is 0 Å². The number of carbonyl (C=O) groups is 1. The van der Waals surface area contributed by atoms with Gasteiger partial charge in [-0.2, -0.15) is 4.31 Å². The minimum Gasteiger partial charge on any atom is -0.484 e. The number of amides is 1. The summed E-state index contributed by atoms with van der Waals surface area (Å²) in [5, 5.41) is 2.27. The topological polar surface area (TPSA) is 75.7 Å². The second-order valence-corrected chi connectivity index (χ2v) is 7.98. The third-order valence-electron chi connectivity index (χ3n) is 4.10. The van der Waals surface area contributed by atoms with Crippen molar-refractivity contribution in [1.29, 1.82) is 0 Å². The lowest BCUT2D eigenvalue weighted by Gasteiger charge is -2.15. The first-order chi connectivity index (χ1) is 12.9. The van der Waals surface area contributed by atoms with Gasteiger partial charge in [-0.25, -0.2) is 17.2 Å². The monoisotopic (exact) mass is 396 g/mol. The first kappa shape index (κ1) is 19.2. The second-order valence-electron chi connectivity index (χ2n) is 6.04. The Labute approximate surface area is 155 Å². The average molecular weight is 396 g/mol. The summed E-state index contributed by atoms with van der Waals surface area (Å²) < 4.78 is 57.9. The van der Waals surface area contributed by atoms with Crippen molar-refractivity contribution in [3.8, 4) is 5.75 Å². The second kappa shape index (κ2) is 8.01. The zero-order valence-corrected chi connectivity index (χ0v) is 15.1. The van der Waals surface area contributed by atoms with Gasteiger partial charge in [0.1, 0.15) is 17.4 Å². The van der Waals surface area contributed by atoms with E-state index in [0.29, 0.717) is 24.9 Å². The number of nitrogens with zero attached hydrogens (tertiary/aromatic N) is 1. The Kier molecular flexibility index (Phi) is 5.71. The molecule has 2 aromatic carbocycles. The number of halogens is 2. The summed E-state index contributed by atoms with van der Waals surface area (Å²) in [6.45, 7) is 0.621. The van der Waals surface area contributed by atoms with Crippen LogP contribution in [0.1, 0.15) is 12.8 Å². The number of sulfonamides is 1. The van der Waals surface area contributed by atoms with E-state index in [1.807, 2.05) is 0 Å². The van der Waals surface area contributed by atoms with Crippen molar-refractivity contribution in [3.63, 3.8) is 0 Å². The number of nitrogens with one attached hydrogen (secondary N) is 1. The van der Waals surface area contributed by atoms with Crippen LogP contribution in [0.2, 0.25) is 0 Å². The zero-order valence-electron chi connectivity index (χ0n) is 14.3. The SMILES string of the molecule is O=C(COc1ccc(S(=O)(=O)N2CCCC2)cc1)Nc1ccc(F)cc1F. The predicted octanol–water partition coefficient (Wildman–Crippen LogP) is 2.77. The van der Waals surface area contributed by atoms with Gasteiger partial charge in [0.05, 0.1) is 10.6 Å². The summed E-state index contributed by atoms with van der Waals surface area (Å²) >= 11 is 0. The van der Waals surface area contributed by atoms with Crippen molar-refractivity contribution in [2.24, 2.45) is 0 Å². The van der Waals surface area contributed by atoms with Crippen molar-refractivity contribution in [1.82, 2.24) is 4.31 Å². The van der Waals surface area contributed by atoms with E-state index >= 15 is 0 Å². The van der Waals surface area contributed by atoms with Gasteiger partial charge in [0.25, 0.3) is 5.91 Å². The normalized spacial score (nSPS) is 14.9. The van der Waals surface area contributed by atoms with Gasteiger partial charge in [-0.1, -0.05) is 0 Å². The number of anilines is 1. The molecule has 1 amide bonds. The first-order valence-electron chi connectivity index (χ1n) is 8.34. The Balaban J connectivity index is 1.57. The van der Waals surface area contributed by atoms with E-state index in [1.165, 1.54) is 28.6 Å². The van der Waals surface area contributed by atoms with Crippen LogP contribution in [-0.4, -0.2) is 38.3 Å². The summed E-state index contributed by atoms with van der Waals surface area (Å²) in [6, 6.07) is 8.54. The molecule has 1 aliphatic rings. The van der Waals surface area contributed by atoms with Gasteiger partial charge in [-0.15, -0.1) is 0 Å². The largest absolute Gasteiger partial charge is 0.484 e. The lowest BCUT2D eigenvalue weighted by Crippen LogP contribution is -2.27. The molecule has 0 spiro atoms. The highest BCUT2D eigenvalue weighted by molar-refractivity contribution is 7.89.